The molecular formula is C22H23ClN4O4S. The van der Waals surface area contributed by atoms with Crippen LogP contribution in [0.5, 0.6) is 0 Å². The van der Waals surface area contributed by atoms with Gasteiger partial charge in [0.15, 0.2) is 0 Å². The maximum Gasteiger partial charge on any atom is 0.319 e. The number of nitrogens with zero attached hydrogens (tertiary/aromatic N) is 1. The van der Waals surface area contributed by atoms with Gasteiger partial charge in [0, 0.05) is 33.9 Å². The quantitative estimate of drug-likeness (QED) is 0.589. The van der Waals surface area contributed by atoms with Crippen LogP contribution in [0.1, 0.15) is 51.2 Å². The zero-order valence-corrected chi connectivity index (χ0v) is 19.3. The predicted octanol–water partition coefficient (Wildman–Crippen LogP) is 3.49. The molecule has 1 fully saturated rings. The maximum atomic E-state index is 12.9. The third-order valence-electron chi connectivity index (χ3n) is 5.79. The highest BCUT2D eigenvalue weighted by molar-refractivity contribution is 7.10. The minimum atomic E-state index is -0.662. The summed E-state index contributed by atoms with van der Waals surface area (Å²) in [7, 11) is 0. The van der Waals surface area contributed by atoms with E-state index in [0.29, 0.717) is 29.1 Å². The molecule has 32 heavy (non-hydrogen) atoms. The topological polar surface area (TPSA) is 108 Å². The summed E-state index contributed by atoms with van der Waals surface area (Å²) in [6, 6.07) is 2.58. The van der Waals surface area contributed by atoms with Crippen molar-refractivity contribution in [2.45, 2.75) is 52.2 Å². The summed E-state index contributed by atoms with van der Waals surface area (Å²) < 4.78 is 0. The van der Waals surface area contributed by atoms with Gasteiger partial charge in [0.2, 0.25) is 11.8 Å². The zero-order chi connectivity index (χ0) is 23.0. The first kappa shape index (κ1) is 22.3. The molecule has 0 bridgehead atoms. The second-order valence-corrected chi connectivity index (χ2v) is 9.40. The Balaban J connectivity index is 1.41. The molecule has 2 aromatic rings. The van der Waals surface area contributed by atoms with E-state index in [4.69, 9.17) is 11.6 Å². The van der Waals surface area contributed by atoms with Gasteiger partial charge in [-0.15, -0.1) is 11.3 Å². The fraction of sp³-hybridized carbons (Fsp3) is 0.364. The first-order chi connectivity index (χ1) is 15.2. The third-order valence-corrected chi connectivity index (χ3v) is 7.22. The second kappa shape index (κ2) is 8.91. The number of nitrogens with one attached hydrogen (secondary N) is 3. The van der Waals surface area contributed by atoms with Gasteiger partial charge in [-0.05, 0) is 49.4 Å². The standard InChI is InChI=1S/C22H23ClN4O4S/c1-11-6-12(2)16(7-15(11)23)25-22(31)24-8-18-13-9-27(21(30)14(13)10-32-18)17-4-3-5-19(28)26-20(17)29/h6-7,10,17H,3-5,8-9H2,1-2H3,(H2,24,25,31)(H,26,28,29)/t17-/m0/s1. The summed E-state index contributed by atoms with van der Waals surface area (Å²) >= 11 is 7.56. The fourth-order valence-electron chi connectivity index (χ4n) is 4.03. The van der Waals surface area contributed by atoms with Crippen LogP contribution in [0.4, 0.5) is 10.5 Å². The van der Waals surface area contributed by atoms with Crippen LogP contribution < -0.4 is 16.0 Å². The number of anilines is 1. The Labute approximate surface area is 194 Å². The van der Waals surface area contributed by atoms with E-state index >= 15 is 0 Å². The number of imide groups is 1. The Hall–Kier alpha value is -2.91. The van der Waals surface area contributed by atoms with Crippen molar-refractivity contribution in [3.63, 3.8) is 0 Å². The van der Waals surface area contributed by atoms with E-state index in [1.165, 1.54) is 16.2 Å². The lowest BCUT2D eigenvalue weighted by molar-refractivity contribution is -0.132. The largest absolute Gasteiger partial charge is 0.333 e. The van der Waals surface area contributed by atoms with Crippen LogP contribution >= 0.6 is 22.9 Å². The number of amides is 5. The average Bonchev–Trinajstić information content (AvgIpc) is 3.22. The van der Waals surface area contributed by atoms with Crippen molar-refractivity contribution < 1.29 is 19.2 Å². The van der Waals surface area contributed by atoms with Crippen LogP contribution in [0.25, 0.3) is 0 Å². The van der Waals surface area contributed by atoms with Crippen LogP contribution in [0.15, 0.2) is 17.5 Å². The molecule has 3 N–H and O–H groups in total. The van der Waals surface area contributed by atoms with E-state index in [2.05, 4.69) is 16.0 Å². The first-order valence-corrected chi connectivity index (χ1v) is 11.6. The SMILES string of the molecule is Cc1cc(C)c(NC(=O)NCc2scc3c2CN([C@H]2CCCC(=O)NC2=O)C3=O)cc1Cl. The van der Waals surface area contributed by atoms with Gasteiger partial charge in [-0.3, -0.25) is 19.7 Å². The average molecular weight is 475 g/mol. The van der Waals surface area contributed by atoms with Crippen molar-refractivity contribution in [2.75, 3.05) is 5.32 Å². The molecule has 0 radical (unpaired) electrons. The molecule has 0 unspecified atom stereocenters. The van der Waals surface area contributed by atoms with E-state index < -0.39 is 11.9 Å². The van der Waals surface area contributed by atoms with Crippen molar-refractivity contribution in [2.24, 2.45) is 0 Å². The number of carbonyl (C=O) groups excluding carboxylic acids is 4. The number of aryl methyl sites for hydroxylation is 2. The molecule has 5 amide bonds. The van der Waals surface area contributed by atoms with Crippen molar-refractivity contribution in [3.05, 3.63) is 49.7 Å². The summed E-state index contributed by atoms with van der Waals surface area (Å²) in [6.07, 6.45) is 1.28. The number of urea groups is 1. The number of fused-ring (bicyclic) bond motifs is 1. The van der Waals surface area contributed by atoms with Gasteiger partial charge in [-0.1, -0.05) is 17.7 Å². The van der Waals surface area contributed by atoms with Crippen molar-refractivity contribution >= 4 is 52.4 Å². The number of thiophene rings is 1. The Morgan fingerprint density at radius 3 is 2.81 bits per heavy atom. The van der Waals surface area contributed by atoms with Gasteiger partial charge in [0.05, 0.1) is 12.1 Å². The van der Waals surface area contributed by atoms with E-state index in [0.717, 1.165) is 21.6 Å². The van der Waals surface area contributed by atoms with Gasteiger partial charge in [-0.25, -0.2) is 4.79 Å². The summed E-state index contributed by atoms with van der Waals surface area (Å²) in [5, 5.41) is 10.3. The Morgan fingerprint density at radius 2 is 2.03 bits per heavy atom. The number of hydrogen-bond acceptors (Lipinski definition) is 5. The van der Waals surface area contributed by atoms with Gasteiger partial charge in [0.1, 0.15) is 6.04 Å². The minimum Gasteiger partial charge on any atom is -0.333 e. The highest BCUT2D eigenvalue weighted by Gasteiger charge is 2.39. The lowest BCUT2D eigenvalue weighted by atomic mass is 10.1. The smallest absolute Gasteiger partial charge is 0.319 e. The normalized spacial score (nSPS) is 18.3. The fourth-order valence-corrected chi connectivity index (χ4v) is 5.17. The Bertz CT molecular complexity index is 1130. The molecule has 1 aromatic carbocycles. The monoisotopic (exact) mass is 474 g/mol. The Morgan fingerprint density at radius 1 is 1.25 bits per heavy atom. The number of carbonyl (C=O) groups is 4. The number of benzene rings is 1. The minimum absolute atomic E-state index is 0.216. The number of halogens is 1. The van der Waals surface area contributed by atoms with Crippen molar-refractivity contribution in [1.82, 2.24) is 15.5 Å². The molecule has 0 spiro atoms. The van der Waals surface area contributed by atoms with Crippen LogP contribution in [-0.2, 0) is 22.7 Å². The summed E-state index contributed by atoms with van der Waals surface area (Å²) in [5.74, 6) is -0.952. The molecule has 10 heteroatoms. The highest BCUT2D eigenvalue weighted by Crippen LogP contribution is 2.33. The lowest BCUT2D eigenvalue weighted by Crippen LogP contribution is -2.47. The first-order valence-electron chi connectivity index (χ1n) is 10.3. The Kier molecular flexibility index (Phi) is 6.21. The maximum absolute atomic E-state index is 12.9. The zero-order valence-electron chi connectivity index (χ0n) is 17.7. The van der Waals surface area contributed by atoms with E-state index in [1.807, 2.05) is 19.9 Å². The van der Waals surface area contributed by atoms with E-state index in [-0.39, 0.29) is 37.4 Å². The highest BCUT2D eigenvalue weighted by atomic mass is 35.5. The molecule has 168 valence electrons. The molecule has 2 aliphatic heterocycles. The molecule has 1 aromatic heterocycles. The van der Waals surface area contributed by atoms with Gasteiger partial charge in [0.25, 0.3) is 5.91 Å². The van der Waals surface area contributed by atoms with Gasteiger partial charge in [-0.2, -0.15) is 0 Å². The molecule has 4 rings (SSSR count). The van der Waals surface area contributed by atoms with Gasteiger partial charge >= 0.3 is 6.03 Å². The second-order valence-electron chi connectivity index (χ2n) is 8.03. The van der Waals surface area contributed by atoms with Crippen molar-refractivity contribution in [1.29, 1.82) is 0 Å². The summed E-state index contributed by atoms with van der Waals surface area (Å²) in [5.41, 5.74) is 3.84. The molecule has 0 aliphatic carbocycles. The van der Waals surface area contributed by atoms with Crippen LogP contribution in [0, 0.1) is 13.8 Å². The molecule has 1 atom stereocenters. The lowest BCUT2D eigenvalue weighted by Gasteiger charge is -2.25. The molecule has 1 saturated heterocycles. The third kappa shape index (κ3) is 4.35. The summed E-state index contributed by atoms with van der Waals surface area (Å²) in [6.45, 7) is 4.33. The number of hydrogen-bond donors (Lipinski definition) is 3. The molecule has 2 aliphatic rings. The number of rotatable bonds is 4. The molecular weight excluding hydrogens is 452 g/mol. The molecule has 3 heterocycles. The van der Waals surface area contributed by atoms with Crippen molar-refractivity contribution in [3.8, 4) is 0 Å². The van der Waals surface area contributed by atoms with E-state index in [9.17, 15) is 19.2 Å². The molecule has 8 nitrogen and oxygen atoms in total. The van der Waals surface area contributed by atoms with Crippen LogP contribution in [-0.4, -0.2) is 34.7 Å². The van der Waals surface area contributed by atoms with Gasteiger partial charge < -0.3 is 15.5 Å². The van der Waals surface area contributed by atoms with E-state index in [1.54, 1.807) is 11.4 Å². The van der Waals surface area contributed by atoms with Crippen LogP contribution in [0.3, 0.4) is 0 Å². The van der Waals surface area contributed by atoms with Crippen LogP contribution in [0.2, 0.25) is 5.02 Å². The predicted molar refractivity (Wildman–Crippen MR) is 122 cm³/mol. The summed E-state index contributed by atoms with van der Waals surface area (Å²) in [4.78, 5) is 51.7. The molecule has 0 saturated carbocycles.